The first-order chi connectivity index (χ1) is 17.6. The third-order valence-corrected chi connectivity index (χ3v) is 11.0. The van der Waals surface area contributed by atoms with Crippen LogP contribution in [0.2, 0.25) is 10.0 Å². The largest absolute Gasteiger partial charge is 0.342 e. The summed E-state index contributed by atoms with van der Waals surface area (Å²) < 4.78 is 25.2. The summed E-state index contributed by atoms with van der Waals surface area (Å²) in [6, 6.07) is 6.55. The molecular weight excluding hydrogens is 531 g/mol. The van der Waals surface area contributed by atoms with Gasteiger partial charge in [0.15, 0.2) is 0 Å². The van der Waals surface area contributed by atoms with Crippen LogP contribution in [0.1, 0.15) is 50.5 Å². The summed E-state index contributed by atoms with van der Waals surface area (Å²) in [5, 5.41) is 1.16. The molecule has 1 aromatic carbocycles. The minimum atomic E-state index is -3.09. The Balaban J connectivity index is 1.16. The van der Waals surface area contributed by atoms with Gasteiger partial charge in [0.2, 0.25) is 15.9 Å². The van der Waals surface area contributed by atoms with E-state index in [1.165, 1.54) is 24.7 Å². The number of likely N-dealkylation sites (tertiary alicyclic amines) is 2. The van der Waals surface area contributed by atoms with Crippen molar-refractivity contribution in [2.45, 2.75) is 56.4 Å². The van der Waals surface area contributed by atoms with E-state index >= 15 is 0 Å². The summed E-state index contributed by atoms with van der Waals surface area (Å²) in [7, 11) is -3.09. The van der Waals surface area contributed by atoms with Gasteiger partial charge in [0.25, 0.3) is 0 Å². The molecule has 0 spiro atoms. The molecule has 4 fully saturated rings. The summed E-state index contributed by atoms with van der Waals surface area (Å²) in [6.07, 6.45) is 8.56. The zero-order valence-corrected chi connectivity index (χ0v) is 24.2. The zero-order valence-electron chi connectivity index (χ0n) is 21.9. The van der Waals surface area contributed by atoms with Crippen LogP contribution in [0.25, 0.3) is 0 Å². The van der Waals surface area contributed by atoms with Crippen LogP contribution in [0.15, 0.2) is 18.2 Å². The zero-order chi connectivity index (χ0) is 26.2. The van der Waals surface area contributed by atoms with Crippen molar-refractivity contribution in [3.05, 3.63) is 33.8 Å². The van der Waals surface area contributed by atoms with Gasteiger partial charge in [-0.2, -0.15) is 4.31 Å². The van der Waals surface area contributed by atoms with Crippen LogP contribution >= 0.6 is 23.2 Å². The van der Waals surface area contributed by atoms with E-state index in [0.717, 1.165) is 71.5 Å². The van der Waals surface area contributed by atoms with Crippen molar-refractivity contribution in [3.8, 4) is 0 Å². The third-order valence-electron chi connectivity index (χ3n) is 8.95. The second-order valence-electron chi connectivity index (χ2n) is 11.7. The van der Waals surface area contributed by atoms with E-state index in [9.17, 15) is 13.2 Å². The summed E-state index contributed by atoms with van der Waals surface area (Å²) in [4.78, 5) is 20.1. The monoisotopic (exact) mass is 570 g/mol. The lowest BCUT2D eigenvalue weighted by Crippen LogP contribution is -2.63. The Hall–Kier alpha value is -0.900. The molecule has 1 saturated carbocycles. The van der Waals surface area contributed by atoms with Crippen molar-refractivity contribution in [2.75, 3.05) is 65.2 Å². The molecule has 3 heterocycles. The predicted octanol–water partition coefficient (Wildman–Crippen LogP) is 3.70. The van der Waals surface area contributed by atoms with Gasteiger partial charge in [0.05, 0.1) is 16.3 Å². The smallest absolute Gasteiger partial charge is 0.222 e. The highest BCUT2D eigenvalue weighted by molar-refractivity contribution is 7.88. The molecule has 1 amide bonds. The van der Waals surface area contributed by atoms with Crippen LogP contribution in [0, 0.1) is 5.92 Å². The molecule has 1 aliphatic carbocycles. The third kappa shape index (κ3) is 6.64. The Morgan fingerprint density at radius 1 is 1.05 bits per heavy atom. The van der Waals surface area contributed by atoms with Crippen LogP contribution in [0.4, 0.5) is 0 Å². The number of hydrogen-bond donors (Lipinski definition) is 0. The molecular formula is C27H40Cl2N4O3S. The molecule has 0 unspecified atom stereocenters. The Labute approximate surface area is 232 Å². The molecule has 1 atom stereocenters. The highest BCUT2D eigenvalue weighted by Gasteiger charge is 2.40. The Bertz CT molecular complexity index is 1090. The molecule has 0 bridgehead atoms. The van der Waals surface area contributed by atoms with E-state index < -0.39 is 10.0 Å². The highest BCUT2D eigenvalue weighted by Crippen LogP contribution is 2.41. The normalized spacial score (nSPS) is 26.8. The topological polar surface area (TPSA) is 64.2 Å². The first-order valence-corrected chi connectivity index (χ1v) is 16.4. The fourth-order valence-corrected chi connectivity index (χ4v) is 7.57. The first kappa shape index (κ1) is 27.7. The molecule has 5 rings (SSSR count). The van der Waals surface area contributed by atoms with E-state index in [1.807, 2.05) is 12.1 Å². The highest BCUT2D eigenvalue weighted by atomic mass is 35.5. The first-order valence-electron chi connectivity index (χ1n) is 13.8. The molecule has 3 saturated heterocycles. The number of carbonyl (C=O) groups is 1. The van der Waals surface area contributed by atoms with Crippen molar-refractivity contribution in [1.82, 2.24) is 19.0 Å². The molecule has 0 aromatic heterocycles. The molecule has 0 N–H and O–H groups in total. The number of nitrogens with zero attached hydrogens (tertiary/aromatic N) is 4. The number of hydrogen-bond acceptors (Lipinski definition) is 5. The molecule has 37 heavy (non-hydrogen) atoms. The van der Waals surface area contributed by atoms with Crippen molar-refractivity contribution in [1.29, 1.82) is 0 Å². The summed E-state index contributed by atoms with van der Waals surface area (Å²) in [5.74, 6) is 0.913. The lowest BCUT2D eigenvalue weighted by atomic mass is 9.71. The van der Waals surface area contributed by atoms with E-state index in [0.29, 0.717) is 47.4 Å². The lowest BCUT2D eigenvalue weighted by molar-refractivity contribution is -0.134. The van der Waals surface area contributed by atoms with Gasteiger partial charge in [-0.25, -0.2) is 8.42 Å². The molecule has 3 aliphatic heterocycles. The average molecular weight is 572 g/mol. The van der Waals surface area contributed by atoms with Gasteiger partial charge in [-0.15, -0.1) is 0 Å². The number of piperidine rings is 1. The Morgan fingerprint density at radius 2 is 1.78 bits per heavy atom. The van der Waals surface area contributed by atoms with Crippen LogP contribution < -0.4 is 0 Å². The summed E-state index contributed by atoms with van der Waals surface area (Å²) >= 11 is 12.7. The van der Waals surface area contributed by atoms with Crippen LogP contribution in [0.5, 0.6) is 0 Å². The summed E-state index contributed by atoms with van der Waals surface area (Å²) in [5.41, 5.74) is 1.12. The van der Waals surface area contributed by atoms with Crippen LogP contribution in [-0.2, 0) is 20.2 Å². The maximum absolute atomic E-state index is 13.0. The molecule has 206 valence electrons. The SMILES string of the molecule is CS(=O)(=O)N1CCN(C2CN(CCC[C@]3(c4ccc(Cl)c(Cl)c4)CCCN(C(=O)CC4CC4)C3)C2)CC1. The van der Waals surface area contributed by atoms with Gasteiger partial charge in [-0.05, 0) is 68.7 Å². The predicted molar refractivity (Wildman–Crippen MR) is 149 cm³/mol. The van der Waals surface area contributed by atoms with Crippen LogP contribution in [0.3, 0.4) is 0 Å². The maximum atomic E-state index is 13.0. The van der Waals surface area contributed by atoms with E-state index in [-0.39, 0.29) is 5.41 Å². The number of amides is 1. The maximum Gasteiger partial charge on any atom is 0.222 e. The fraction of sp³-hybridized carbons (Fsp3) is 0.741. The second-order valence-corrected chi connectivity index (χ2v) is 14.5. The number of rotatable bonds is 9. The van der Waals surface area contributed by atoms with Gasteiger partial charge < -0.3 is 9.80 Å². The summed E-state index contributed by atoms with van der Waals surface area (Å²) in [6.45, 7) is 7.58. The van der Waals surface area contributed by atoms with E-state index in [2.05, 4.69) is 20.8 Å². The molecule has 7 nitrogen and oxygen atoms in total. The van der Waals surface area contributed by atoms with Gasteiger partial charge in [0, 0.05) is 70.2 Å². The Kier molecular flexibility index (Phi) is 8.45. The van der Waals surface area contributed by atoms with Gasteiger partial charge >= 0.3 is 0 Å². The fourth-order valence-electron chi connectivity index (χ4n) is 6.45. The number of sulfonamides is 1. The number of halogens is 2. The number of benzene rings is 1. The molecule has 10 heteroatoms. The van der Waals surface area contributed by atoms with Crippen molar-refractivity contribution >= 4 is 39.1 Å². The minimum absolute atomic E-state index is 0.0854. The Morgan fingerprint density at radius 3 is 2.43 bits per heavy atom. The van der Waals surface area contributed by atoms with Crippen LogP contribution in [-0.4, -0.2) is 105 Å². The van der Waals surface area contributed by atoms with Crippen molar-refractivity contribution < 1.29 is 13.2 Å². The average Bonchev–Trinajstić information content (AvgIpc) is 3.66. The van der Waals surface area contributed by atoms with Gasteiger partial charge in [-0.1, -0.05) is 29.3 Å². The van der Waals surface area contributed by atoms with E-state index in [1.54, 1.807) is 4.31 Å². The number of piperazine rings is 1. The molecule has 4 aliphatic rings. The van der Waals surface area contributed by atoms with E-state index in [4.69, 9.17) is 23.2 Å². The lowest BCUT2D eigenvalue weighted by Gasteiger charge is -2.48. The minimum Gasteiger partial charge on any atom is -0.342 e. The standard InChI is InChI=1S/C27H40Cl2N4O3S/c1-37(35,36)33-14-12-31(13-15-33)23-18-30(19-23)10-2-8-27(22-6-7-24(28)25(29)17-22)9-3-11-32(20-27)26(34)16-21-4-5-21/h6-7,17,21,23H,2-5,8-16,18-20H2,1H3/t27-/m0/s1. The number of carbonyl (C=O) groups excluding carboxylic acids is 1. The quantitative estimate of drug-likeness (QED) is 0.453. The van der Waals surface area contributed by atoms with Crippen molar-refractivity contribution in [2.24, 2.45) is 5.92 Å². The van der Waals surface area contributed by atoms with Crippen molar-refractivity contribution in [3.63, 3.8) is 0 Å². The molecule has 1 aromatic rings. The second kappa shape index (κ2) is 11.3. The van der Waals surface area contributed by atoms with Gasteiger partial charge in [-0.3, -0.25) is 9.69 Å². The molecule has 0 radical (unpaired) electrons. The van der Waals surface area contributed by atoms with Gasteiger partial charge in [0.1, 0.15) is 0 Å².